The van der Waals surface area contributed by atoms with E-state index in [2.05, 4.69) is 31.7 Å². The van der Waals surface area contributed by atoms with Crippen LogP contribution in [0.15, 0.2) is 15.5 Å². The topological polar surface area (TPSA) is 71.4 Å². The van der Waals surface area contributed by atoms with E-state index in [9.17, 15) is 4.79 Å². The van der Waals surface area contributed by atoms with Gasteiger partial charge in [0.1, 0.15) is 4.47 Å². The van der Waals surface area contributed by atoms with E-state index in [0.717, 1.165) is 19.6 Å². The second-order valence-electron chi connectivity index (χ2n) is 5.39. The maximum Gasteiger partial charge on any atom is 0.283 e. The zero-order chi connectivity index (χ0) is 15.4. The quantitative estimate of drug-likeness (QED) is 0.742. The maximum absolute atomic E-state index is 12.3. The molecule has 8 heteroatoms. The van der Waals surface area contributed by atoms with Crippen molar-refractivity contribution < 1.29 is 4.74 Å². The van der Waals surface area contributed by atoms with Crippen molar-refractivity contribution in [2.45, 2.75) is 18.7 Å². The van der Waals surface area contributed by atoms with Gasteiger partial charge in [0.15, 0.2) is 0 Å². The van der Waals surface area contributed by atoms with E-state index in [4.69, 9.17) is 4.74 Å². The van der Waals surface area contributed by atoms with Gasteiger partial charge in [-0.15, -0.1) is 0 Å². The molecule has 1 aromatic heterocycles. The lowest BCUT2D eigenvalue weighted by Crippen LogP contribution is -2.35. The Morgan fingerprint density at radius 1 is 1.57 bits per heavy atom. The zero-order valence-corrected chi connectivity index (χ0v) is 14.2. The fourth-order valence-electron chi connectivity index (χ4n) is 2.27. The lowest BCUT2D eigenvalue weighted by Gasteiger charge is -2.20. The summed E-state index contributed by atoms with van der Waals surface area (Å²) in [5, 5.41) is 10.8. The van der Waals surface area contributed by atoms with Crippen molar-refractivity contribution in [2.24, 2.45) is 0 Å². The summed E-state index contributed by atoms with van der Waals surface area (Å²) in [7, 11) is 5.63. The van der Waals surface area contributed by atoms with Gasteiger partial charge in [0.25, 0.3) is 5.56 Å². The maximum atomic E-state index is 12.3. The molecule has 2 rings (SSSR count). The van der Waals surface area contributed by atoms with Gasteiger partial charge in [0.2, 0.25) is 0 Å². The third-order valence-corrected chi connectivity index (χ3v) is 4.31. The van der Waals surface area contributed by atoms with Crippen molar-refractivity contribution in [3.05, 3.63) is 21.0 Å². The van der Waals surface area contributed by atoms with Crippen LogP contribution < -0.4 is 16.2 Å². The Labute approximate surface area is 132 Å². The summed E-state index contributed by atoms with van der Waals surface area (Å²) in [4.78, 5) is 14.3. The Kier molecular flexibility index (Phi) is 5.74. The van der Waals surface area contributed by atoms with Gasteiger partial charge >= 0.3 is 0 Å². The number of anilines is 1. The number of halogens is 1. The van der Waals surface area contributed by atoms with Crippen molar-refractivity contribution in [2.75, 3.05) is 46.2 Å². The summed E-state index contributed by atoms with van der Waals surface area (Å²) in [6, 6.07) is 0.130. The molecule has 0 bridgehead atoms. The third-order valence-electron chi connectivity index (χ3n) is 3.55. The molecule has 0 radical (unpaired) electrons. The predicted molar refractivity (Wildman–Crippen MR) is 85.8 cm³/mol. The smallest absolute Gasteiger partial charge is 0.283 e. The molecule has 0 amide bonds. The average molecular weight is 360 g/mol. The molecule has 1 aliphatic heterocycles. The van der Waals surface area contributed by atoms with Crippen LogP contribution in [-0.4, -0.2) is 67.7 Å². The highest BCUT2D eigenvalue weighted by Gasteiger charge is 2.27. The Hall–Kier alpha value is -0.960. The van der Waals surface area contributed by atoms with Crippen LogP contribution in [0.3, 0.4) is 0 Å². The molecule has 118 valence electrons. The fraction of sp³-hybridized carbons (Fsp3) is 0.692. The minimum absolute atomic E-state index is 0.0908. The summed E-state index contributed by atoms with van der Waals surface area (Å²) in [5.74, 6) is 0. The molecule has 0 aromatic carbocycles. The molecule has 1 aromatic rings. The first-order valence-electron chi connectivity index (χ1n) is 6.93. The summed E-state index contributed by atoms with van der Waals surface area (Å²) in [5.41, 5.74) is 0.582. The number of methoxy groups -OCH3 is 1. The summed E-state index contributed by atoms with van der Waals surface area (Å²) >= 11 is 3.38. The molecule has 7 nitrogen and oxygen atoms in total. The van der Waals surface area contributed by atoms with Crippen molar-refractivity contribution in [3.63, 3.8) is 0 Å². The number of hydrogen-bond donors (Lipinski definition) is 2. The Bertz CT molecular complexity index is 534. The second-order valence-corrected chi connectivity index (χ2v) is 6.18. The van der Waals surface area contributed by atoms with Gasteiger partial charge in [-0.1, -0.05) is 0 Å². The van der Waals surface area contributed by atoms with Crippen LogP contribution in [0, 0.1) is 0 Å². The molecule has 0 saturated carbocycles. The monoisotopic (exact) mass is 359 g/mol. The highest BCUT2D eigenvalue weighted by atomic mass is 79.9. The fourth-order valence-corrected chi connectivity index (χ4v) is 2.69. The second kappa shape index (κ2) is 7.35. The van der Waals surface area contributed by atoms with Crippen LogP contribution in [0.4, 0.5) is 5.69 Å². The molecule has 0 spiro atoms. The number of likely N-dealkylation sites (N-methyl/N-ethyl adjacent to an activating group) is 1. The highest BCUT2D eigenvalue weighted by Crippen LogP contribution is 2.19. The van der Waals surface area contributed by atoms with Gasteiger partial charge in [-0.2, -0.15) is 5.10 Å². The minimum atomic E-state index is -0.123. The van der Waals surface area contributed by atoms with E-state index < -0.39 is 0 Å². The third kappa shape index (κ3) is 4.03. The van der Waals surface area contributed by atoms with Gasteiger partial charge < -0.3 is 20.3 Å². The molecule has 1 saturated heterocycles. The first-order valence-corrected chi connectivity index (χ1v) is 7.72. The summed E-state index contributed by atoms with van der Waals surface area (Å²) < 4.78 is 7.39. The van der Waals surface area contributed by atoms with Crippen LogP contribution in [0.5, 0.6) is 0 Å². The van der Waals surface area contributed by atoms with Crippen molar-refractivity contribution in [1.82, 2.24) is 20.0 Å². The molecule has 21 heavy (non-hydrogen) atoms. The standard InChI is InChI=1S/C13H22BrN5O2/c1-18(2)4-5-19-13(20)12(14)10(7-16-19)17-9-6-15-8-11(9)21-3/h7,9,11,15,17H,4-6,8H2,1-3H3/t9?,11-/m0/s1. The molecule has 2 N–H and O–H groups in total. The van der Waals surface area contributed by atoms with Gasteiger partial charge in [-0.25, -0.2) is 4.68 Å². The van der Waals surface area contributed by atoms with Crippen LogP contribution in [0.1, 0.15) is 0 Å². The molecule has 1 fully saturated rings. The molecular weight excluding hydrogens is 338 g/mol. The normalized spacial score (nSPS) is 22.0. The number of aromatic nitrogens is 2. The minimum Gasteiger partial charge on any atom is -0.378 e. The van der Waals surface area contributed by atoms with E-state index in [0.29, 0.717) is 16.7 Å². The molecular formula is C13H22BrN5O2. The predicted octanol–water partition coefficient (Wildman–Crippen LogP) is -0.0339. The SMILES string of the molecule is CO[C@H]1CNCC1Nc1cnn(CCN(C)C)c(=O)c1Br. The Morgan fingerprint density at radius 2 is 2.33 bits per heavy atom. The van der Waals surface area contributed by atoms with Gasteiger partial charge in [-0.05, 0) is 30.0 Å². The molecule has 1 aliphatic rings. The van der Waals surface area contributed by atoms with Crippen LogP contribution in [-0.2, 0) is 11.3 Å². The molecule has 2 heterocycles. The van der Waals surface area contributed by atoms with Crippen LogP contribution >= 0.6 is 15.9 Å². The van der Waals surface area contributed by atoms with E-state index >= 15 is 0 Å². The van der Waals surface area contributed by atoms with E-state index in [1.165, 1.54) is 4.68 Å². The molecule has 1 unspecified atom stereocenters. The number of hydrogen-bond acceptors (Lipinski definition) is 6. The number of nitrogens with zero attached hydrogens (tertiary/aromatic N) is 3. The number of rotatable bonds is 6. The van der Waals surface area contributed by atoms with E-state index in [1.807, 2.05) is 19.0 Å². The van der Waals surface area contributed by atoms with Crippen LogP contribution in [0.2, 0.25) is 0 Å². The zero-order valence-electron chi connectivity index (χ0n) is 12.6. The first-order chi connectivity index (χ1) is 10.0. The largest absolute Gasteiger partial charge is 0.378 e. The van der Waals surface area contributed by atoms with E-state index in [-0.39, 0.29) is 17.7 Å². The highest BCUT2D eigenvalue weighted by molar-refractivity contribution is 9.10. The van der Waals surface area contributed by atoms with Crippen molar-refractivity contribution >= 4 is 21.6 Å². The average Bonchev–Trinajstić information content (AvgIpc) is 2.90. The Morgan fingerprint density at radius 3 is 3.00 bits per heavy atom. The lowest BCUT2D eigenvalue weighted by atomic mass is 10.2. The Balaban J connectivity index is 2.11. The molecule has 0 aliphatic carbocycles. The summed E-state index contributed by atoms with van der Waals surface area (Å²) in [6.45, 7) is 2.94. The van der Waals surface area contributed by atoms with Crippen molar-refractivity contribution in [1.29, 1.82) is 0 Å². The number of ether oxygens (including phenoxy) is 1. The number of nitrogens with one attached hydrogen (secondary N) is 2. The van der Waals surface area contributed by atoms with Crippen molar-refractivity contribution in [3.8, 4) is 0 Å². The molecule has 2 atom stereocenters. The first kappa shape index (κ1) is 16.4. The lowest BCUT2D eigenvalue weighted by molar-refractivity contribution is 0.111. The van der Waals surface area contributed by atoms with Gasteiger partial charge in [-0.3, -0.25) is 4.79 Å². The van der Waals surface area contributed by atoms with Gasteiger partial charge in [0.05, 0.1) is 30.6 Å². The van der Waals surface area contributed by atoms with Crippen LogP contribution in [0.25, 0.3) is 0 Å². The summed E-state index contributed by atoms with van der Waals surface area (Å²) in [6.07, 6.45) is 1.78. The van der Waals surface area contributed by atoms with E-state index in [1.54, 1.807) is 13.3 Å². The van der Waals surface area contributed by atoms with Gasteiger partial charge in [0, 0.05) is 26.7 Å².